The van der Waals surface area contributed by atoms with E-state index >= 15 is 0 Å². The van der Waals surface area contributed by atoms with Crippen LogP contribution in [0, 0.1) is 11.7 Å². The highest BCUT2D eigenvalue weighted by Crippen LogP contribution is 2.30. The predicted octanol–water partition coefficient (Wildman–Crippen LogP) is 3.47. The van der Waals surface area contributed by atoms with Gasteiger partial charge in [-0.1, -0.05) is 38.5 Å². The van der Waals surface area contributed by atoms with Crippen LogP contribution in [0.3, 0.4) is 0 Å². The Hall–Kier alpha value is -0.890. The zero-order valence-electron chi connectivity index (χ0n) is 9.63. The summed E-state index contributed by atoms with van der Waals surface area (Å²) in [5.74, 6) is 0.0606. The molecule has 0 saturated heterocycles. The third kappa shape index (κ3) is 3.03. The van der Waals surface area contributed by atoms with Crippen molar-refractivity contribution in [3.05, 3.63) is 35.6 Å². The fourth-order valence-corrected chi connectivity index (χ4v) is 1.83. The molecule has 0 saturated carbocycles. The SMILES string of the molecule is CCC(C)CC(C)(O)c1ccccc1F. The van der Waals surface area contributed by atoms with E-state index in [2.05, 4.69) is 13.8 Å². The largest absolute Gasteiger partial charge is 0.385 e. The molecule has 15 heavy (non-hydrogen) atoms. The monoisotopic (exact) mass is 210 g/mol. The summed E-state index contributed by atoms with van der Waals surface area (Å²) in [5.41, 5.74) is -0.675. The molecule has 0 bridgehead atoms. The molecule has 0 radical (unpaired) electrons. The second-order valence-electron chi connectivity index (χ2n) is 4.47. The first-order valence-corrected chi connectivity index (χ1v) is 5.44. The fourth-order valence-electron chi connectivity index (χ4n) is 1.83. The minimum atomic E-state index is -1.07. The molecule has 0 aliphatic carbocycles. The summed E-state index contributed by atoms with van der Waals surface area (Å²) in [6, 6.07) is 6.43. The summed E-state index contributed by atoms with van der Waals surface area (Å²) in [6.07, 6.45) is 1.58. The van der Waals surface area contributed by atoms with Crippen LogP contribution in [-0.4, -0.2) is 5.11 Å². The van der Waals surface area contributed by atoms with Crippen molar-refractivity contribution < 1.29 is 9.50 Å². The smallest absolute Gasteiger partial charge is 0.129 e. The van der Waals surface area contributed by atoms with E-state index in [4.69, 9.17) is 0 Å². The fraction of sp³-hybridized carbons (Fsp3) is 0.538. The molecule has 0 aliphatic heterocycles. The molecule has 1 rings (SSSR count). The summed E-state index contributed by atoms with van der Waals surface area (Å²) >= 11 is 0. The van der Waals surface area contributed by atoms with Crippen LogP contribution in [0.25, 0.3) is 0 Å². The van der Waals surface area contributed by atoms with Gasteiger partial charge in [0.2, 0.25) is 0 Å². The van der Waals surface area contributed by atoms with E-state index in [1.807, 2.05) is 0 Å². The minimum Gasteiger partial charge on any atom is -0.385 e. The lowest BCUT2D eigenvalue weighted by molar-refractivity contribution is 0.0285. The summed E-state index contributed by atoms with van der Waals surface area (Å²) < 4.78 is 13.5. The van der Waals surface area contributed by atoms with Crippen LogP contribution >= 0.6 is 0 Å². The number of benzene rings is 1. The summed E-state index contributed by atoms with van der Waals surface area (Å²) in [4.78, 5) is 0. The summed E-state index contributed by atoms with van der Waals surface area (Å²) in [5, 5.41) is 10.2. The number of aliphatic hydroxyl groups is 1. The van der Waals surface area contributed by atoms with E-state index in [0.29, 0.717) is 17.9 Å². The second-order valence-corrected chi connectivity index (χ2v) is 4.47. The Bertz CT molecular complexity index is 320. The zero-order chi connectivity index (χ0) is 11.5. The first-order chi connectivity index (χ1) is 6.97. The molecule has 1 aromatic carbocycles. The van der Waals surface area contributed by atoms with Gasteiger partial charge in [0.1, 0.15) is 5.82 Å². The Kier molecular flexibility index (Phi) is 3.86. The molecule has 84 valence electrons. The highest BCUT2D eigenvalue weighted by Gasteiger charge is 2.27. The van der Waals surface area contributed by atoms with Crippen molar-refractivity contribution in [1.82, 2.24) is 0 Å². The van der Waals surface area contributed by atoms with Crippen LogP contribution in [-0.2, 0) is 5.60 Å². The molecule has 0 aliphatic rings. The van der Waals surface area contributed by atoms with Crippen LogP contribution in [0.1, 0.15) is 39.2 Å². The quantitative estimate of drug-likeness (QED) is 0.806. The number of halogens is 1. The van der Waals surface area contributed by atoms with E-state index in [1.54, 1.807) is 25.1 Å². The molecule has 2 heteroatoms. The molecule has 0 amide bonds. The van der Waals surface area contributed by atoms with Gasteiger partial charge in [-0.2, -0.15) is 0 Å². The van der Waals surface area contributed by atoms with Crippen molar-refractivity contribution in [2.45, 2.75) is 39.2 Å². The average molecular weight is 210 g/mol. The van der Waals surface area contributed by atoms with Gasteiger partial charge in [-0.25, -0.2) is 4.39 Å². The first-order valence-electron chi connectivity index (χ1n) is 5.44. The van der Waals surface area contributed by atoms with Gasteiger partial charge in [-0.3, -0.25) is 0 Å². The van der Waals surface area contributed by atoms with Gasteiger partial charge >= 0.3 is 0 Å². The lowest BCUT2D eigenvalue weighted by Crippen LogP contribution is -2.25. The molecule has 0 heterocycles. The van der Waals surface area contributed by atoms with E-state index in [9.17, 15) is 9.50 Å². The summed E-state index contributed by atoms with van der Waals surface area (Å²) in [7, 11) is 0. The highest BCUT2D eigenvalue weighted by atomic mass is 19.1. The van der Waals surface area contributed by atoms with E-state index in [1.165, 1.54) is 6.07 Å². The molecular weight excluding hydrogens is 191 g/mol. The molecule has 0 aromatic heterocycles. The number of hydrogen-bond acceptors (Lipinski definition) is 1. The van der Waals surface area contributed by atoms with E-state index in [0.717, 1.165) is 6.42 Å². The lowest BCUT2D eigenvalue weighted by Gasteiger charge is -2.27. The normalized spacial score (nSPS) is 17.1. The molecule has 1 aromatic rings. The maximum Gasteiger partial charge on any atom is 0.129 e. The van der Waals surface area contributed by atoms with Gasteiger partial charge in [-0.05, 0) is 25.3 Å². The topological polar surface area (TPSA) is 20.2 Å². The van der Waals surface area contributed by atoms with Gasteiger partial charge in [0.25, 0.3) is 0 Å². The van der Waals surface area contributed by atoms with Crippen molar-refractivity contribution >= 4 is 0 Å². The van der Waals surface area contributed by atoms with Gasteiger partial charge in [0.15, 0.2) is 0 Å². The van der Waals surface area contributed by atoms with Gasteiger partial charge in [-0.15, -0.1) is 0 Å². The third-order valence-electron chi connectivity index (χ3n) is 2.90. The molecule has 1 N–H and O–H groups in total. The van der Waals surface area contributed by atoms with Crippen LogP contribution in [0.4, 0.5) is 4.39 Å². The molecule has 2 unspecified atom stereocenters. The Morgan fingerprint density at radius 3 is 2.53 bits per heavy atom. The average Bonchev–Trinajstić information content (AvgIpc) is 2.17. The Balaban J connectivity index is 2.90. The number of hydrogen-bond donors (Lipinski definition) is 1. The predicted molar refractivity (Wildman–Crippen MR) is 60.0 cm³/mol. The Morgan fingerprint density at radius 1 is 1.40 bits per heavy atom. The van der Waals surface area contributed by atoms with Crippen molar-refractivity contribution in [1.29, 1.82) is 0 Å². The van der Waals surface area contributed by atoms with Crippen LogP contribution in [0.5, 0.6) is 0 Å². The zero-order valence-corrected chi connectivity index (χ0v) is 9.63. The lowest BCUT2D eigenvalue weighted by atomic mass is 9.85. The highest BCUT2D eigenvalue weighted by molar-refractivity contribution is 5.23. The van der Waals surface area contributed by atoms with Crippen molar-refractivity contribution in [2.75, 3.05) is 0 Å². The van der Waals surface area contributed by atoms with Crippen LogP contribution in [0.2, 0.25) is 0 Å². The molecular formula is C13H19FO. The Labute approximate surface area is 90.9 Å². The third-order valence-corrected chi connectivity index (χ3v) is 2.90. The second kappa shape index (κ2) is 4.75. The van der Waals surface area contributed by atoms with E-state index in [-0.39, 0.29) is 5.82 Å². The Morgan fingerprint density at radius 2 is 2.00 bits per heavy atom. The van der Waals surface area contributed by atoms with E-state index < -0.39 is 5.60 Å². The maximum absolute atomic E-state index is 13.5. The minimum absolute atomic E-state index is 0.328. The van der Waals surface area contributed by atoms with Crippen LogP contribution in [0.15, 0.2) is 24.3 Å². The molecule has 0 spiro atoms. The van der Waals surface area contributed by atoms with Crippen LogP contribution < -0.4 is 0 Å². The van der Waals surface area contributed by atoms with Gasteiger partial charge < -0.3 is 5.11 Å². The molecule has 2 atom stereocenters. The van der Waals surface area contributed by atoms with Crippen molar-refractivity contribution in [2.24, 2.45) is 5.92 Å². The standard InChI is InChI=1S/C13H19FO/c1-4-10(2)9-13(3,15)11-7-5-6-8-12(11)14/h5-8,10,15H,4,9H2,1-3H3. The first kappa shape index (κ1) is 12.2. The van der Waals surface area contributed by atoms with Crippen molar-refractivity contribution in [3.63, 3.8) is 0 Å². The molecule has 1 nitrogen and oxygen atoms in total. The van der Waals surface area contributed by atoms with Crippen molar-refractivity contribution in [3.8, 4) is 0 Å². The molecule has 0 fully saturated rings. The number of rotatable bonds is 4. The maximum atomic E-state index is 13.5. The van der Waals surface area contributed by atoms with Gasteiger partial charge in [0, 0.05) is 5.56 Å². The van der Waals surface area contributed by atoms with Gasteiger partial charge in [0.05, 0.1) is 5.60 Å². The summed E-state index contributed by atoms with van der Waals surface area (Å²) in [6.45, 7) is 5.81.